The second-order valence-corrected chi connectivity index (χ2v) is 7.06. The highest BCUT2D eigenvalue weighted by atomic mass is 32.1. The second kappa shape index (κ2) is 8.25. The molecule has 0 saturated heterocycles. The van der Waals surface area contributed by atoms with Crippen LogP contribution in [0.15, 0.2) is 41.1 Å². The van der Waals surface area contributed by atoms with Crippen LogP contribution in [0, 0.1) is 0 Å². The molecule has 0 atom stereocenters. The van der Waals surface area contributed by atoms with Gasteiger partial charge in [0.2, 0.25) is 0 Å². The Morgan fingerprint density at radius 3 is 2.00 bits per heavy atom. The van der Waals surface area contributed by atoms with E-state index in [1.165, 1.54) is 47.5 Å². The number of carbonyl (C=O) groups is 2. The first kappa shape index (κ1) is 16.9. The number of benzene rings is 1. The molecule has 3 nitrogen and oxygen atoms in total. The van der Waals surface area contributed by atoms with Crippen LogP contribution in [-0.4, -0.2) is 23.3 Å². The molecule has 0 radical (unpaired) electrons. The van der Waals surface area contributed by atoms with Crippen LogP contribution >= 0.6 is 11.3 Å². The molecule has 1 aliphatic heterocycles. The number of aryl methyl sites for hydroxylation is 1. The molecule has 2 heterocycles. The van der Waals surface area contributed by atoms with E-state index in [4.69, 9.17) is 0 Å². The average molecular weight is 341 g/mol. The summed E-state index contributed by atoms with van der Waals surface area (Å²) in [4.78, 5) is 25.6. The number of unbranched alkanes of at least 4 members (excludes halogenated alkanes) is 5. The van der Waals surface area contributed by atoms with E-state index in [9.17, 15) is 9.59 Å². The summed E-state index contributed by atoms with van der Waals surface area (Å²) in [5.41, 5.74) is 2.59. The number of hydrogen-bond acceptors (Lipinski definition) is 3. The fourth-order valence-electron chi connectivity index (χ4n) is 3.17. The highest BCUT2D eigenvalue weighted by Gasteiger charge is 2.35. The summed E-state index contributed by atoms with van der Waals surface area (Å²) in [7, 11) is 0. The number of carbonyl (C=O) groups excluding carboxylic acids is 2. The van der Waals surface area contributed by atoms with Gasteiger partial charge in [-0.1, -0.05) is 56.0 Å². The normalized spacial score (nSPS) is 13.6. The van der Waals surface area contributed by atoms with Crippen molar-refractivity contribution in [2.75, 3.05) is 6.54 Å². The average Bonchev–Trinajstić information content (AvgIpc) is 3.17. The molecule has 126 valence electrons. The third-order valence-corrected chi connectivity index (χ3v) is 5.30. The number of amides is 2. The molecule has 24 heavy (non-hydrogen) atoms. The Morgan fingerprint density at radius 2 is 1.33 bits per heavy atom. The Kier molecular flexibility index (Phi) is 5.81. The van der Waals surface area contributed by atoms with Gasteiger partial charge in [0, 0.05) is 17.3 Å². The van der Waals surface area contributed by atoms with E-state index in [0.29, 0.717) is 17.7 Å². The number of fused-ring (bicyclic) bond motifs is 1. The predicted octanol–water partition coefficient (Wildman–Crippen LogP) is 4.93. The first-order valence-corrected chi connectivity index (χ1v) is 9.68. The maximum Gasteiger partial charge on any atom is 0.262 e. The minimum absolute atomic E-state index is 0.112. The Morgan fingerprint density at radius 1 is 0.750 bits per heavy atom. The van der Waals surface area contributed by atoms with E-state index >= 15 is 0 Å². The fourth-order valence-corrected chi connectivity index (χ4v) is 3.96. The van der Waals surface area contributed by atoms with E-state index < -0.39 is 0 Å². The molecule has 0 spiro atoms. The summed E-state index contributed by atoms with van der Waals surface area (Å²) in [6.07, 6.45) is 8.01. The number of nitrogens with zero attached hydrogens (tertiary/aromatic N) is 1. The molecule has 1 aromatic heterocycles. The predicted molar refractivity (Wildman–Crippen MR) is 97.5 cm³/mol. The summed E-state index contributed by atoms with van der Waals surface area (Å²) in [5.74, 6) is -0.224. The lowest BCUT2D eigenvalue weighted by Crippen LogP contribution is -2.30. The third kappa shape index (κ3) is 3.93. The number of thiophene rings is 1. The van der Waals surface area contributed by atoms with Gasteiger partial charge in [-0.25, -0.2) is 0 Å². The van der Waals surface area contributed by atoms with E-state index in [1.54, 1.807) is 10.8 Å². The van der Waals surface area contributed by atoms with Crippen molar-refractivity contribution in [3.05, 3.63) is 57.8 Å². The molecular weight excluding hydrogens is 318 g/mol. The van der Waals surface area contributed by atoms with Crippen molar-refractivity contribution in [1.29, 1.82) is 0 Å². The smallest absolute Gasteiger partial charge is 0.262 e. The van der Waals surface area contributed by atoms with Gasteiger partial charge < -0.3 is 0 Å². The van der Waals surface area contributed by atoms with Gasteiger partial charge in [0.1, 0.15) is 0 Å². The van der Waals surface area contributed by atoms with E-state index in [2.05, 4.69) is 30.3 Å². The standard InChI is InChI=1S/C20H23NO2S/c22-19-17-14-24-15-18(17)20(23)21(19)13-9-4-2-1-3-6-10-16-11-7-5-8-12-16/h5,7-8,11-12,14-15H,1-4,6,9-10,13H2. The molecule has 0 unspecified atom stereocenters. The molecule has 1 aliphatic rings. The minimum Gasteiger partial charge on any atom is -0.274 e. The quantitative estimate of drug-likeness (QED) is 0.479. The lowest BCUT2D eigenvalue weighted by molar-refractivity contribution is 0.0651. The minimum atomic E-state index is -0.112. The van der Waals surface area contributed by atoms with E-state index in [-0.39, 0.29) is 11.8 Å². The molecule has 1 aromatic carbocycles. The van der Waals surface area contributed by atoms with Gasteiger partial charge in [0.15, 0.2) is 0 Å². The zero-order chi connectivity index (χ0) is 16.8. The van der Waals surface area contributed by atoms with Crippen LogP contribution in [0.3, 0.4) is 0 Å². The Balaban J connectivity index is 1.26. The Labute approximate surface area is 147 Å². The highest BCUT2D eigenvalue weighted by molar-refractivity contribution is 7.08. The fraction of sp³-hybridized carbons (Fsp3) is 0.400. The van der Waals surface area contributed by atoms with Crippen LogP contribution < -0.4 is 0 Å². The van der Waals surface area contributed by atoms with Gasteiger partial charge in [0.05, 0.1) is 11.1 Å². The molecule has 0 fully saturated rings. The van der Waals surface area contributed by atoms with Gasteiger partial charge in [-0.2, -0.15) is 11.3 Å². The molecular formula is C20H23NO2S. The number of rotatable bonds is 9. The van der Waals surface area contributed by atoms with Crippen LogP contribution in [0.2, 0.25) is 0 Å². The monoisotopic (exact) mass is 341 g/mol. The first-order chi connectivity index (χ1) is 11.8. The zero-order valence-electron chi connectivity index (χ0n) is 13.9. The van der Waals surface area contributed by atoms with Gasteiger partial charge in [-0.05, 0) is 24.8 Å². The molecule has 3 rings (SSSR count). The third-order valence-electron chi connectivity index (χ3n) is 4.55. The van der Waals surface area contributed by atoms with Crippen LogP contribution in [-0.2, 0) is 6.42 Å². The van der Waals surface area contributed by atoms with Crippen LogP contribution in [0.5, 0.6) is 0 Å². The van der Waals surface area contributed by atoms with Crippen molar-refractivity contribution in [3.63, 3.8) is 0 Å². The Bertz CT molecular complexity index is 662. The Hall–Kier alpha value is -1.94. The summed E-state index contributed by atoms with van der Waals surface area (Å²) < 4.78 is 0. The number of imide groups is 1. The molecule has 0 aliphatic carbocycles. The van der Waals surface area contributed by atoms with Crippen molar-refractivity contribution >= 4 is 23.2 Å². The van der Waals surface area contributed by atoms with E-state index in [1.807, 2.05) is 0 Å². The zero-order valence-corrected chi connectivity index (χ0v) is 14.7. The molecule has 0 saturated carbocycles. The number of hydrogen-bond donors (Lipinski definition) is 0. The maximum absolute atomic E-state index is 12.1. The molecule has 4 heteroatoms. The molecule has 2 aromatic rings. The lowest BCUT2D eigenvalue weighted by atomic mass is 10.0. The topological polar surface area (TPSA) is 37.4 Å². The SMILES string of the molecule is O=C1c2cscc2C(=O)N1CCCCCCCCc1ccccc1. The van der Waals surface area contributed by atoms with Crippen molar-refractivity contribution in [2.24, 2.45) is 0 Å². The van der Waals surface area contributed by atoms with Crippen molar-refractivity contribution < 1.29 is 9.59 Å². The molecule has 0 bridgehead atoms. The first-order valence-electron chi connectivity index (χ1n) is 8.73. The van der Waals surface area contributed by atoms with Crippen LogP contribution in [0.1, 0.15) is 64.8 Å². The largest absolute Gasteiger partial charge is 0.274 e. The van der Waals surface area contributed by atoms with Crippen molar-refractivity contribution in [3.8, 4) is 0 Å². The summed E-state index contributed by atoms with van der Waals surface area (Å²) in [5, 5.41) is 3.56. The summed E-state index contributed by atoms with van der Waals surface area (Å²) in [6.45, 7) is 0.557. The van der Waals surface area contributed by atoms with Gasteiger partial charge in [-0.3, -0.25) is 14.5 Å². The maximum atomic E-state index is 12.1. The van der Waals surface area contributed by atoms with Gasteiger partial charge in [-0.15, -0.1) is 0 Å². The second-order valence-electron chi connectivity index (χ2n) is 6.32. The van der Waals surface area contributed by atoms with Crippen molar-refractivity contribution in [1.82, 2.24) is 4.90 Å². The highest BCUT2D eigenvalue weighted by Crippen LogP contribution is 2.26. The summed E-state index contributed by atoms with van der Waals surface area (Å²) >= 11 is 1.42. The van der Waals surface area contributed by atoms with E-state index in [0.717, 1.165) is 19.3 Å². The molecule has 2 amide bonds. The van der Waals surface area contributed by atoms with Crippen LogP contribution in [0.25, 0.3) is 0 Å². The summed E-state index contributed by atoms with van der Waals surface area (Å²) in [6, 6.07) is 10.6. The molecule has 0 N–H and O–H groups in total. The van der Waals surface area contributed by atoms with Crippen LogP contribution in [0.4, 0.5) is 0 Å². The van der Waals surface area contributed by atoms with Crippen molar-refractivity contribution in [2.45, 2.75) is 44.9 Å². The lowest BCUT2D eigenvalue weighted by Gasteiger charge is -2.13. The van der Waals surface area contributed by atoms with Gasteiger partial charge in [0.25, 0.3) is 11.8 Å². The van der Waals surface area contributed by atoms with Gasteiger partial charge >= 0.3 is 0 Å².